The summed E-state index contributed by atoms with van der Waals surface area (Å²) in [6, 6.07) is 26.6. The maximum atomic E-state index is 10.8. The van der Waals surface area contributed by atoms with Gasteiger partial charge in [-0.2, -0.15) is 0 Å². The maximum Gasteiger partial charge on any atom is 0.269 e. The molecule has 0 saturated carbocycles. The Bertz CT molecular complexity index is 918. The predicted molar refractivity (Wildman–Crippen MR) is 111 cm³/mol. The highest BCUT2D eigenvalue weighted by molar-refractivity contribution is 5.53. The van der Waals surface area contributed by atoms with Crippen molar-refractivity contribution < 1.29 is 4.92 Å². The van der Waals surface area contributed by atoms with Crippen LogP contribution in [-0.4, -0.2) is 4.92 Å². The topological polar surface area (TPSA) is 55.2 Å². The van der Waals surface area contributed by atoms with Crippen LogP contribution in [0.25, 0.3) is 6.08 Å². The minimum absolute atomic E-state index is 0.0481. The molecule has 0 aliphatic carbocycles. The summed E-state index contributed by atoms with van der Waals surface area (Å²) < 4.78 is 0. The fraction of sp³-hybridized carbons (Fsp3) is 0.0435. The average molecular weight is 356 g/mol. The molecule has 1 atom stereocenters. The largest absolute Gasteiger partial charge is 0.375 e. The summed E-state index contributed by atoms with van der Waals surface area (Å²) in [4.78, 5) is 10.4. The van der Waals surface area contributed by atoms with Crippen molar-refractivity contribution in [2.75, 3.05) is 5.32 Å². The molecule has 0 saturated heterocycles. The first-order valence-electron chi connectivity index (χ1n) is 8.68. The van der Waals surface area contributed by atoms with Gasteiger partial charge in [0, 0.05) is 17.8 Å². The third-order valence-corrected chi connectivity index (χ3v) is 4.06. The highest BCUT2D eigenvalue weighted by Crippen LogP contribution is 2.23. The van der Waals surface area contributed by atoms with Crippen LogP contribution in [0, 0.1) is 10.1 Å². The van der Waals surface area contributed by atoms with Crippen molar-refractivity contribution in [2.24, 2.45) is 0 Å². The minimum Gasteiger partial charge on any atom is -0.375 e. The first kappa shape index (κ1) is 18.1. The Morgan fingerprint density at radius 3 is 2.07 bits per heavy atom. The van der Waals surface area contributed by atoms with Crippen molar-refractivity contribution in [1.82, 2.24) is 0 Å². The highest BCUT2D eigenvalue weighted by Gasteiger charge is 2.09. The van der Waals surface area contributed by atoms with Gasteiger partial charge in [0.1, 0.15) is 0 Å². The lowest BCUT2D eigenvalue weighted by molar-refractivity contribution is -0.384. The lowest BCUT2D eigenvalue weighted by Gasteiger charge is -2.16. The summed E-state index contributed by atoms with van der Waals surface area (Å²) >= 11 is 0. The van der Waals surface area contributed by atoms with Crippen LogP contribution in [0.2, 0.25) is 0 Å². The standard InChI is InChI=1S/C23H20N2O2/c26-25(27)22-17-15-21(16-18-22)24-23(20-12-5-2-6-13-20)14-8-7-11-19-9-3-1-4-10-19/h1-18,23-24H/b11-7+,14-8+. The number of allylic oxidation sites excluding steroid dienone is 2. The third-order valence-electron chi connectivity index (χ3n) is 4.06. The van der Waals surface area contributed by atoms with Crippen LogP contribution in [-0.2, 0) is 0 Å². The smallest absolute Gasteiger partial charge is 0.269 e. The molecule has 3 aromatic carbocycles. The molecule has 3 aromatic rings. The van der Waals surface area contributed by atoms with E-state index < -0.39 is 4.92 Å². The van der Waals surface area contributed by atoms with Crippen molar-refractivity contribution >= 4 is 17.5 Å². The number of anilines is 1. The summed E-state index contributed by atoms with van der Waals surface area (Å²) in [5.41, 5.74) is 3.16. The second kappa shape index (κ2) is 9.15. The number of rotatable bonds is 7. The zero-order chi connectivity index (χ0) is 18.9. The molecule has 0 radical (unpaired) electrons. The Labute approximate surface area is 158 Å². The predicted octanol–water partition coefficient (Wildman–Crippen LogP) is 6.02. The van der Waals surface area contributed by atoms with Gasteiger partial charge in [-0.3, -0.25) is 10.1 Å². The van der Waals surface area contributed by atoms with Crippen LogP contribution < -0.4 is 5.32 Å². The number of non-ortho nitro benzene ring substituents is 1. The molecule has 1 N–H and O–H groups in total. The van der Waals surface area contributed by atoms with Gasteiger partial charge in [-0.25, -0.2) is 0 Å². The number of hydrogen-bond donors (Lipinski definition) is 1. The summed E-state index contributed by atoms with van der Waals surface area (Å²) in [5, 5.41) is 14.2. The van der Waals surface area contributed by atoms with E-state index in [2.05, 4.69) is 11.4 Å². The first-order valence-corrected chi connectivity index (χ1v) is 8.68. The van der Waals surface area contributed by atoms with Gasteiger partial charge >= 0.3 is 0 Å². The molecule has 0 aliphatic rings. The van der Waals surface area contributed by atoms with Crippen LogP contribution in [0.5, 0.6) is 0 Å². The normalized spacial score (nSPS) is 12.3. The van der Waals surface area contributed by atoms with E-state index in [-0.39, 0.29) is 11.7 Å². The molecular weight excluding hydrogens is 336 g/mol. The third kappa shape index (κ3) is 5.41. The van der Waals surface area contributed by atoms with Crippen LogP contribution in [0.4, 0.5) is 11.4 Å². The first-order chi connectivity index (χ1) is 13.2. The Balaban J connectivity index is 1.76. The molecule has 0 amide bonds. The fourth-order valence-corrected chi connectivity index (χ4v) is 2.67. The van der Waals surface area contributed by atoms with E-state index in [1.54, 1.807) is 12.1 Å². The zero-order valence-electron chi connectivity index (χ0n) is 14.7. The number of nitrogens with zero attached hydrogens (tertiary/aromatic N) is 1. The molecule has 0 bridgehead atoms. The number of hydrogen-bond acceptors (Lipinski definition) is 3. The van der Waals surface area contributed by atoms with E-state index in [1.165, 1.54) is 12.1 Å². The lowest BCUT2D eigenvalue weighted by atomic mass is 10.1. The number of nitrogens with one attached hydrogen (secondary N) is 1. The quantitative estimate of drug-likeness (QED) is 0.320. The maximum absolute atomic E-state index is 10.8. The number of nitro benzene ring substituents is 1. The van der Waals surface area contributed by atoms with Gasteiger partial charge in [0.2, 0.25) is 0 Å². The van der Waals surface area contributed by atoms with Gasteiger partial charge in [0.05, 0.1) is 11.0 Å². The highest BCUT2D eigenvalue weighted by atomic mass is 16.6. The van der Waals surface area contributed by atoms with E-state index in [9.17, 15) is 10.1 Å². The van der Waals surface area contributed by atoms with Gasteiger partial charge < -0.3 is 5.32 Å². The molecule has 4 heteroatoms. The van der Waals surface area contributed by atoms with Crippen molar-refractivity contribution in [3.63, 3.8) is 0 Å². The van der Waals surface area contributed by atoms with Crippen LogP contribution >= 0.6 is 0 Å². The van der Waals surface area contributed by atoms with Gasteiger partial charge in [0.15, 0.2) is 0 Å². The molecule has 27 heavy (non-hydrogen) atoms. The van der Waals surface area contributed by atoms with Gasteiger partial charge in [-0.05, 0) is 23.3 Å². The second-order valence-electron chi connectivity index (χ2n) is 5.99. The Kier molecular flexibility index (Phi) is 6.15. The van der Waals surface area contributed by atoms with E-state index in [1.807, 2.05) is 78.9 Å². The van der Waals surface area contributed by atoms with Crippen LogP contribution in [0.3, 0.4) is 0 Å². The second-order valence-corrected chi connectivity index (χ2v) is 5.99. The monoisotopic (exact) mass is 356 g/mol. The van der Waals surface area contributed by atoms with Gasteiger partial charge in [-0.1, -0.05) is 85.0 Å². The molecule has 0 aliphatic heterocycles. The molecule has 1 unspecified atom stereocenters. The van der Waals surface area contributed by atoms with Gasteiger partial charge in [-0.15, -0.1) is 0 Å². The van der Waals surface area contributed by atoms with E-state index in [0.29, 0.717) is 0 Å². The Morgan fingerprint density at radius 2 is 1.44 bits per heavy atom. The van der Waals surface area contributed by atoms with Crippen LogP contribution in [0.1, 0.15) is 17.2 Å². The summed E-state index contributed by atoms with van der Waals surface area (Å²) in [6.07, 6.45) is 8.12. The molecule has 0 aromatic heterocycles. The van der Waals surface area contributed by atoms with Crippen molar-refractivity contribution in [3.05, 3.63) is 124 Å². The van der Waals surface area contributed by atoms with E-state index in [0.717, 1.165) is 16.8 Å². The average Bonchev–Trinajstić information content (AvgIpc) is 2.72. The number of benzene rings is 3. The molecule has 134 valence electrons. The molecule has 3 rings (SSSR count). The van der Waals surface area contributed by atoms with Crippen molar-refractivity contribution in [1.29, 1.82) is 0 Å². The summed E-state index contributed by atoms with van der Waals surface area (Å²) in [6.45, 7) is 0. The Morgan fingerprint density at radius 1 is 0.815 bits per heavy atom. The minimum atomic E-state index is -0.396. The fourth-order valence-electron chi connectivity index (χ4n) is 2.67. The molecular formula is C23H20N2O2. The van der Waals surface area contributed by atoms with E-state index in [4.69, 9.17) is 0 Å². The SMILES string of the molecule is O=[N+]([O-])c1ccc(NC(/C=C/C=C/c2ccccc2)c2ccccc2)cc1. The molecule has 4 nitrogen and oxygen atoms in total. The van der Waals surface area contributed by atoms with E-state index >= 15 is 0 Å². The zero-order valence-corrected chi connectivity index (χ0v) is 14.7. The Hall–Kier alpha value is -3.66. The summed E-state index contributed by atoms with van der Waals surface area (Å²) in [7, 11) is 0. The molecule has 0 fully saturated rings. The molecule has 0 spiro atoms. The van der Waals surface area contributed by atoms with Crippen molar-refractivity contribution in [3.8, 4) is 0 Å². The number of nitro groups is 1. The summed E-state index contributed by atoms with van der Waals surface area (Å²) in [5.74, 6) is 0. The van der Waals surface area contributed by atoms with Crippen molar-refractivity contribution in [2.45, 2.75) is 6.04 Å². The molecule has 0 heterocycles. The van der Waals surface area contributed by atoms with Crippen LogP contribution in [0.15, 0.2) is 103 Å². The lowest BCUT2D eigenvalue weighted by Crippen LogP contribution is -2.07. The van der Waals surface area contributed by atoms with Gasteiger partial charge in [0.25, 0.3) is 5.69 Å².